The minimum atomic E-state index is 0.185. The first kappa shape index (κ1) is 20.1. The predicted octanol–water partition coefficient (Wildman–Crippen LogP) is 3.62. The van der Waals surface area contributed by atoms with Gasteiger partial charge in [-0.1, -0.05) is 12.1 Å². The highest BCUT2D eigenvalue weighted by Gasteiger charge is 2.41. The standard InChI is InChI=1S/C25H28N6O2/c26-25-22(13-21(28-29-25)20-6-1-2-7-23(20)32)30-14-17-8-9-18(15-30)31(17)16-10-11-27-24(12-16)33-19-4-3-5-19/h1-2,6-7,10-13,17-19,32H,3-5,8-9,14-15H2,(H2,26,29). The van der Waals surface area contributed by atoms with Gasteiger partial charge >= 0.3 is 0 Å². The summed E-state index contributed by atoms with van der Waals surface area (Å²) in [6, 6.07) is 14.1. The van der Waals surface area contributed by atoms with Crippen LogP contribution in [0.4, 0.5) is 17.2 Å². The topological polar surface area (TPSA) is 101 Å². The Morgan fingerprint density at radius 3 is 2.48 bits per heavy atom. The van der Waals surface area contributed by atoms with E-state index in [4.69, 9.17) is 10.5 Å². The number of nitrogen functional groups attached to an aromatic ring is 1. The summed E-state index contributed by atoms with van der Waals surface area (Å²) in [7, 11) is 0. The fourth-order valence-corrected chi connectivity index (χ4v) is 5.27. The van der Waals surface area contributed by atoms with Gasteiger partial charge in [-0.3, -0.25) is 0 Å². The number of benzene rings is 1. The second-order valence-corrected chi connectivity index (χ2v) is 9.24. The number of nitrogens with zero attached hydrogens (tertiary/aromatic N) is 5. The van der Waals surface area contributed by atoms with Crippen molar-refractivity contribution in [3.8, 4) is 22.9 Å². The second-order valence-electron chi connectivity index (χ2n) is 9.24. The Hall–Kier alpha value is -3.55. The number of phenolic OH excluding ortho intramolecular Hbond substituents is 1. The molecule has 3 aromatic rings. The number of para-hydroxylation sites is 1. The van der Waals surface area contributed by atoms with Crippen LogP contribution in [0.15, 0.2) is 48.7 Å². The number of nitrogens with two attached hydrogens (primary N) is 1. The van der Waals surface area contributed by atoms with Gasteiger partial charge in [-0.15, -0.1) is 10.2 Å². The van der Waals surface area contributed by atoms with Gasteiger partial charge in [0.2, 0.25) is 5.88 Å². The zero-order valence-electron chi connectivity index (χ0n) is 18.5. The molecule has 2 unspecified atom stereocenters. The minimum Gasteiger partial charge on any atom is -0.507 e. The summed E-state index contributed by atoms with van der Waals surface area (Å²) >= 11 is 0. The number of hydrogen-bond donors (Lipinski definition) is 2. The zero-order chi connectivity index (χ0) is 22.4. The molecule has 0 spiro atoms. The van der Waals surface area contributed by atoms with Gasteiger partial charge in [0.15, 0.2) is 5.82 Å². The molecule has 6 rings (SSSR count). The molecule has 2 saturated heterocycles. The van der Waals surface area contributed by atoms with Gasteiger partial charge in [-0.2, -0.15) is 0 Å². The number of ether oxygens (including phenoxy) is 1. The lowest BCUT2D eigenvalue weighted by molar-refractivity contribution is 0.114. The van der Waals surface area contributed by atoms with Crippen molar-refractivity contribution in [1.29, 1.82) is 0 Å². The summed E-state index contributed by atoms with van der Waals surface area (Å²) in [4.78, 5) is 9.28. The molecule has 2 bridgehead atoms. The molecule has 3 aliphatic rings. The van der Waals surface area contributed by atoms with Crippen LogP contribution in [0.3, 0.4) is 0 Å². The first-order valence-corrected chi connectivity index (χ1v) is 11.7. The average Bonchev–Trinajstić information content (AvgIpc) is 3.07. The Bertz CT molecular complexity index is 1150. The number of fused-ring (bicyclic) bond motifs is 2. The molecule has 0 amide bonds. The Kier molecular flexibility index (Phi) is 4.93. The lowest BCUT2D eigenvalue weighted by atomic mass is 9.96. The van der Waals surface area contributed by atoms with Crippen LogP contribution >= 0.6 is 0 Å². The molecule has 1 aliphatic carbocycles. The summed E-state index contributed by atoms with van der Waals surface area (Å²) in [5.41, 5.74) is 9.60. The van der Waals surface area contributed by atoms with Gasteiger partial charge in [0.05, 0.1) is 11.4 Å². The SMILES string of the molecule is Nc1nnc(-c2ccccc2O)cc1N1CC2CCC(C1)N2c1ccnc(OC2CCC2)c1. The van der Waals surface area contributed by atoms with E-state index in [2.05, 4.69) is 37.1 Å². The lowest BCUT2D eigenvalue weighted by Crippen LogP contribution is -2.54. The normalized spacial score (nSPS) is 22.3. The first-order valence-electron chi connectivity index (χ1n) is 11.7. The molecule has 0 radical (unpaired) electrons. The van der Waals surface area contributed by atoms with E-state index in [-0.39, 0.29) is 5.75 Å². The molecule has 3 fully saturated rings. The van der Waals surface area contributed by atoms with E-state index in [1.54, 1.807) is 12.1 Å². The summed E-state index contributed by atoms with van der Waals surface area (Å²) in [6.45, 7) is 1.71. The second kappa shape index (κ2) is 8.10. The molecule has 1 aromatic carbocycles. The largest absolute Gasteiger partial charge is 0.507 e. The third-order valence-corrected chi connectivity index (χ3v) is 7.16. The number of aromatic hydroxyl groups is 1. The highest BCUT2D eigenvalue weighted by atomic mass is 16.5. The fraction of sp³-hybridized carbons (Fsp3) is 0.400. The van der Waals surface area contributed by atoms with E-state index in [0.29, 0.717) is 35.3 Å². The smallest absolute Gasteiger partial charge is 0.215 e. The first-order chi connectivity index (χ1) is 16.2. The van der Waals surface area contributed by atoms with Crippen molar-refractivity contribution >= 4 is 17.2 Å². The van der Waals surface area contributed by atoms with Crippen molar-refractivity contribution in [2.45, 2.75) is 50.3 Å². The van der Waals surface area contributed by atoms with Crippen LogP contribution in [0.25, 0.3) is 11.3 Å². The minimum absolute atomic E-state index is 0.185. The Balaban J connectivity index is 1.24. The number of anilines is 3. The van der Waals surface area contributed by atoms with Crippen molar-refractivity contribution in [1.82, 2.24) is 15.2 Å². The molecule has 2 atom stereocenters. The Morgan fingerprint density at radius 1 is 0.970 bits per heavy atom. The van der Waals surface area contributed by atoms with Gasteiger partial charge in [0.1, 0.15) is 11.9 Å². The maximum absolute atomic E-state index is 10.3. The van der Waals surface area contributed by atoms with Crippen LogP contribution in [0, 0.1) is 0 Å². The van der Waals surface area contributed by atoms with Gasteiger partial charge in [-0.25, -0.2) is 4.98 Å². The van der Waals surface area contributed by atoms with Crippen LogP contribution in [-0.4, -0.2) is 51.6 Å². The highest BCUT2D eigenvalue weighted by molar-refractivity contribution is 5.74. The maximum Gasteiger partial charge on any atom is 0.215 e. The van der Waals surface area contributed by atoms with Crippen LogP contribution in [0.5, 0.6) is 11.6 Å². The van der Waals surface area contributed by atoms with Gasteiger partial charge in [-0.05, 0) is 56.4 Å². The molecule has 4 heterocycles. The third-order valence-electron chi connectivity index (χ3n) is 7.16. The van der Waals surface area contributed by atoms with E-state index in [1.165, 1.54) is 12.1 Å². The summed E-state index contributed by atoms with van der Waals surface area (Å²) in [5, 5.41) is 18.7. The van der Waals surface area contributed by atoms with Gasteiger partial charge in [0, 0.05) is 48.7 Å². The summed E-state index contributed by atoms with van der Waals surface area (Å²) in [6.07, 6.45) is 7.94. The number of hydrogen-bond acceptors (Lipinski definition) is 8. The Morgan fingerprint density at radius 2 is 1.76 bits per heavy atom. The molecule has 2 aliphatic heterocycles. The number of pyridine rings is 1. The van der Waals surface area contributed by atoms with Crippen molar-refractivity contribution in [3.05, 3.63) is 48.7 Å². The van der Waals surface area contributed by atoms with E-state index >= 15 is 0 Å². The summed E-state index contributed by atoms with van der Waals surface area (Å²) < 4.78 is 6.04. The lowest BCUT2D eigenvalue weighted by Gasteiger charge is -2.43. The molecule has 1 saturated carbocycles. The monoisotopic (exact) mass is 444 g/mol. The van der Waals surface area contributed by atoms with Crippen molar-refractivity contribution in [2.75, 3.05) is 28.6 Å². The number of phenols is 1. The van der Waals surface area contributed by atoms with E-state index in [9.17, 15) is 5.11 Å². The number of aromatic nitrogens is 3. The number of piperazine rings is 1. The van der Waals surface area contributed by atoms with E-state index in [0.717, 1.165) is 50.3 Å². The number of rotatable bonds is 5. The molecular weight excluding hydrogens is 416 g/mol. The molecule has 33 heavy (non-hydrogen) atoms. The van der Waals surface area contributed by atoms with Crippen molar-refractivity contribution in [2.24, 2.45) is 0 Å². The zero-order valence-corrected chi connectivity index (χ0v) is 18.5. The molecule has 8 heteroatoms. The maximum atomic E-state index is 10.3. The molecule has 8 nitrogen and oxygen atoms in total. The summed E-state index contributed by atoms with van der Waals surface area (Å²) in [5.74, 6) is 1.33. The quantitative estimate of drug-likeness (QED) is 0.616. The molecule has 170 valence electrons. The van der Waals surface area contributed by atoms with E-state index in [1.807, 2.05) is 24.4 Å². The Labute approximate surface area is 193 Å². The molecule has 2 aromatic heterocycles. The van der Waals surface area contributed by atoms with Crippen LogP contribution in [0.2, 0.25) is 0 Å². The van der Waals surface area contributed by atoms with Crippen molar-refractivity contribution in [3.63, 3.8) is 0 Å². The molecular formula is C25H28N6O2. The fourth-order valence-electron chi connectivity index (χ4n) is 5.27. The van der Waals surface area contributed by atoms with E-state index < -0.39 is 0 Å². The van der Waals surface area contributed by atoms with Gasteiger partial charge < -0.3 is 25.4 Å². The average molecular weight is 445 g/mol. The predicted molar refractivity (Wildman–Crippen MR) is 128 cm³/mol. The van der Waals surface area contributed by atoms with Crippen LogP contribution in [-0.2, 0) is 0 Å². The molecule has 3 N–H and O–H groups in total. The third kappa shape index (κ3) is 3.69. The van der Waals surface area contributed by atoms with Crippen molar-refractivity contribution < 1.29 is 9.84 Å². The van der Waals surface area contributed by atoms with Crippen LogP contribution < -0.4 is 20.3 Å². The highest BCUT2D eigenvalue weighted by Crippen LogP contribution is 2.39. The van der Waals surface area contributed by atoms with Gasteiger partial charge in [0.25, 0.3) is 0 Å². The van der Waals surface area contributed by atoms with Crippen LogP contribution in [0.1, 0.15) is 32.1 Å².